The lowest BCUT2D eigenvalue weighted by molar-refractivity contribution is -0.0981. The highest BCUT2D eigenvalue weighted by Crippen LogP contribution is 2.28. The Morgan fingerprint density at radius 2 is 2.00 bits per heavy atom. The fraction of sp³-hybridized carbons (Fsp3) is 0.750. The Bertz CT molecular complexity index is 498. The highest BCUT2D eigenvalue weighted by molar-refractivity contribution is 7.25. The molecule has 2 heterocycles. The summed E-state index contributed by atoms with van der Waals surface area (Å²) in [7, 11) is -1.01. The molecular formula is C16H28BNO3S. The highest BCUT2D eigenvalue weighted by Gasteiger charge is 2.40. The van der Waals surface area contributed by atoms with E-state index in [-0.39, 0.29) is 0 Å². The first-order chi connectivity index (χ1) is 10.1. The average Bonchev–Trinajstić information content (AvgIpc) is 2.86. The van der Waals surface area contributed by atoms with Gasteiger partial charge in [0.1, 0.15) is 0 Å². The molecule has 124 valence electrons. The van der Waals surface area contributed by atoms with Gasteiger partial charge in [0.2, 0.25) is 0 Å². The molecule has 0 bridgehead atoms. The first-order valence-corrected chi connectivity index (χ1v) is 8.85. The third-order valence-corrected chi connectivity index (χ3v) is 5.88. The Morgan fingerprint density at radius 3 is 2.59 bits per heavy atom. The van der Waals surface area contributed by atoms with Gasteiger partial charge in [0.25, 0.3) is 0 Å². The van der Waals surface area contributed by atoms with E-state index in [4.69, 9.17) is 4.65 Å². The van der Waals surface area contributed by atoms with E-state index in [1.165, 1.54) is 17.8 Å². The lowest BCUT2D eigenvalue weighted by Gasteiger charge is -2.38. The van der Waals surface area contributed by atoms with E-state index < -0.39 is 18.3 Å². The summed E-state index contributed by atoms with van der Waals surface area (Å²) in [6.07, 6.45) is 2.51. The first kappa shape index (κ1) is 17.8. The smallest absolute Gasteiger partial charge is 0.423 e. The van der Waals surface area contributed by atoms with Gasteiger partial charge in [-0.05, 0) is 58.6 Å². The summed E-state index contributed by atoms with van der Waals surface area (Å²) in [5.41, 5.74) is -1.87. The molecule has 1 aliphatic rings. The Morgan fingerprint density at radius 1 is 1.32 bits per heavy atom. The van der Waals surface area contributed by atoms with Crippen LogP contribution in [0, 0.1) is 5.92 Å². The molecule has 4 nitrogen and oxygen atoms in total. The van der Waals surface area contributed by atoms with Crippen molar-refractivity contribution in [2.75, 3.05) is 18.0 Å². The third kappa shape index (κ3) is 4.04. The Balaban J connectivity index is 2.04. The van der Waals surface area contributed by atoms with Gasteiger partial charge < -0.3 is 19.7 Å². The Kier molecular flexibility index (Phi) is 5.27. The second-order valence-electron chi connectivity index (χ2n) is 7.41. The second kappa shape index (κ2) is 6.52. The van der Waals surface area contributed by atoms with E-state index >= 15 is 0 Å². The Labute approximate surface area is 138 Å². The van der Waals surface area contributed by atoms with Crippen molar-refractivity contribution in [2.24, 2.45) is 5.92 Å². The molecule has 0 aliphatic carbocycles. The molecular weight excluding hydrogens is 297 g/mol. The molecule has 0 radical (unpaired) electrons. The molecule has 1 aliphatic heterocycles. The quantitative estimate of drug-likeness (QED) is 0.815. The summed E-state index contributed by atoms with van der Waals surface area (Å²) in [5.74, 6) is 0.717. The van der Waals surface area contributed by atoms with Gasteiger partial charge in [0.05, 0.1) is 16.2 Å². The number of nitrogens with zero attached hydrogens (tertiary/aromatic N) is 1. The van der Waals surface area contributed by atoms with Crippen LogP contribution in [0.3, 0.4) is 0 Å². The van der Waals surface area contributed by atoms with E-state index in [9.17, 15) is 10.1 Å². The SMILES string of the molecule is CC1CCCN(c2ccc(B(O)OC(C)(C)C(C)(C)O)s2)C1. The number of rotatable bonds is 5. The predicted octanol–water partition coefficient (Wildman–Crippen LogP) is 2.24. The predicted molar refractivity (Wildman–Crippen MR) is 94.0 cm³/mol. The van der Waals surface area contributed by atoms with Gasteiger partial charge in [-0.25, -0.2) is 0 Å². The van der Waals surface area contributed by atoms with Crippen LogP contribution < -0.4 is 9.68 Å². The van der Waals surface area contributed by atoms with Gasteiger partial charge in [0.15, 0.2) is 0 Å². The van der Waals surface area contributed by atoms with Crippen LogP contribution in [-0.2, 0) is 4.65 Å². The first-order valence-electron chi connectivity index (χ1n) is 8.03. The third-order valence-electron chi connectivity index (χ3n) is 4.70. The maximum Gasteiger partial charge on any atom is 0.502 e. The van der Waals surface area contributed by atoms with Crippen molar-refractivity contribution in [1.82, 2.24) is 0 Å². The summed E-state index contributed by atoms with van der Waals surface area (Å²) in [5, 5.41) is 21.7. The summed E-state index contributed by atoms with van der Waals surface area (Å²) in [6, 6.07) is 3.98. The number of aliphatic hydroxyl groups is 1. The van der Waals surface area contributed by atoms with Crippen molar-refractivity contribution in [1.29, 1.82) is 0 Å². The standard InChI is InChI=1S/C16H28BNO3S/c1-12-7-6-10-18(11-12)14-9-8-13(22-14)17(20)21-16(4,5)15(2,3)19/h8-9,12,19-20H,6-7,10-11H2,1-5H3. The van der Waals surface area contributed by atoms with Crippen LogP contribution in [0.15, 0.2) is 12.1 Å². The number of thiophene rings is 1. The summed E-state index contributed by atoms with van der Waals surface area (Å²) in [6.45, 7) is 11.4. The number of hydrogen-bond donors (Lipinski definition) is 2. The van der Waals surface area contributed by atoms with Gasteiger partial charge >= 0.3 is 7.12 Å². The molecule has 0 amide bonds. The van der Waals surface area contributed by atoms with Gasteiger partial charge in [-0.2, -0.15) is 0 Å². The van der Waals surface area contributed by atoms with E-state index in [1.54, 1.807) is 39.0 Å². The van der Waals surface area contributed by atoms with Crippen LogP contribution in [0.25, 0.3) is 0 Å². The number of hydrogen-bond acceptors (Lipinski definition) is 5. The topological polar surface area (TPSA) is 52.9 Å². The maximum absolute atomic E-state index is 10.3. The molecule has 2 rings (SSSR count). The highest BCUT2D eigenvalue weighted by atomic mass is 32.1. The van der Waals surface area contributed by atoms with Crippen LogP contribution >= 0.6 is 11.3 Å². The van der Waals surface area contributed by atoms with E-state index in [0.717, 1.165) is 23.8 Å². The van der Waals surface area contributed by atoms with Crippen molar-refractivity contribution in [3.05, 3.63) is 12.1 Å². The minimum atomic E-state index is -1.03. The van der Waals surface area contributed by atoms with Crippen molar-refractivity contribution >= 4 is 28.2 Å². The van der Waals surface area contributed by atoms with Gasteiger partial charge in [-0.3, -0.25) is 0 Å². The average molecular weight is 325 g/mol. The normalized spacial score (nSPS) is 20.3. The fourth-order valence-electron chi connectivity index (χ4n) is 2.52. The minimum absolute atomic E-state index is 0.717. The maximum atomic E-state index is 10.3. The van der Waals surface area contributed by atoms with E-state index in [1.807, 2.05) is 6.07 Å². The van der Waals surface area contributed by atoms with E-state index in [0.29, 0.717) is 0 Å². The number of anilines is 1. The summed E-state index contributed by atoms with van der Waals surface area (Å²) >= 11 is 1.57. The summed E-state index contributed by atoms with van der Waals surface area (Å²) in [4.78, 5) is 2.39. The molecule has 2 N–H and O–H groups in total. The van der Waals surface area contributed by atoms with Crippen LogP contribution in [0.2, 0.25) is 0 Å². The van der Waals surface area contributed by atoms with Crippen LogP contribution in [0.5, 0.6) is 0 Å². The summed E-state index contributed by atoms with van der Waals surface area (Å²) < 4.78 is 6.49. The van der Waals surface area contributed by atoms with Gasteiger partial charge in [0, 0.05) is 17.9 Å². The minimum Gasteiger partial charge on any atom is -0.423 e. The molecule has 1 aromatic rings. The van der Waals surface area contributed by atoms with Gasteiger partial charge in [-0.15, -0.1) is 11.3 Å². The molecule has 1 saturated heterocycles. The van der Waals surface area contributed by atoms with Crippen molar-refractivity contribution in [2.45, 2.75) is 58.7 Å². The zero-order valence-electron chi connectivity index (χ0n) is 14.3. The van der Waals surface area contributed by atoms with Crippen molar-refractivity contribution < 1.29 is 14.8 Å². The van der Waals surface area contributed by atoms with Crippen molar-refractivity contribution in [3.8, 4) is 0 Å². The zero-order valence-corrected chi connectivity index (χ0v) is 15.1. The largest absolute Gasteiger partial charge is 0.502 e. The molecule has 0 aromatic carbocycles. The fourth-order valence-corrected chi connectivity index (χ4v) is 3.47. The molecule has 1 atom stereocenters. The van der Waals surface area contributed by atoms with Crippen LogP contribution in [0.1, 0.15) is 47.5 Å². The molecule has 22 heavy (non-hydrogen) atoms. The Hall–Kier alpha value is -0.555. The molecule has 0 spiro atoms. The van der Waals surface area contributed by atoms with Gasteiger partial charge in [-0.1, -0.05) is 6.92 Å². The zero-order chi connectivity index (χ0) is 16.5. The lowest BCUT2D eigenvalue weighted by atomic mass is 9.82. The molecule has 6 heteroatoms. The lowest BCUT2D eigenvalue weighted by Crippen LogP contribution is -2.52. The van der Waals surface area contributed by atoms with Crippen LogP contribution in [0.4, 0.5) is 5.00 Å². The van der Waals surface area contributed by atoms with Crippen molar-refractivity contribution in [3.63, 3.8) is 0 Å². The monoisotopic (exact) mass is 325 g/mol. The number of piperidine rings is 1. The second-order valence-corrected chi connectivity index (χ2v) is 8.50. The molecule has 1 fully saturated rings. The molecule has 1 unspecified atom stereocenters. The molecule has 1 aromatic heterocycles. The molecule has 0 saturated carbocycles. The van der Waals surface area contributed by atoms with Crippen LogP contribution in [-0.4, -0.2) is 41.5 Å². The van der Waals surface area contributed by atoms with E-state index in [2.05, 4.69) is 17.9 Å².